The van der Waals surface area contributed by atoms with Crippen molar-refractivity contribution in [1.82, 2.24) is 5.32 Å². The number of benzene rings is 1. The maximum absolute atomic E-state index is 11.1. The first-order valence-corrected chi connectivity index (χ1v) is 6.36. The van der Waals surface area contributed by atoms with Gasteiger partial charge >= 0.3 is 5.97 Å². The molecule has 0 spiro atoms. The molecule has 0 aliphatic heterocycles. The molecule has 1 aromatic rings. The molecule has 0 heterocycles. The van der Waals surface area contributed by atoms with Crippen molar-refractivity contribution >= 4 is 28.6 Å². The van der Waals surface area contributed by atoms with Crippen LogP contribution in [0.25, 0.3) is 0 Å². The maximum Gasteiger partial charge on any atom is 0.319 e. The molecule has 1 aromatic carbocycles. The number of halogens is 1. The monoisotopic (exact) mass is 333 g/mol. The van der Waals surface area contributed by atoms with E-state index in [9.17, 15) is 4.79 Å². The lowest BCUT2D eigenvalue weighted by molar-refractivity contribution is -0.139. The van der Waals surface area contributed by atoms with Crippen molar-refractivity contribution < 1.29 is 9.53 Å². The highest BCUT2D eigenvalue weighted by Crippen LogP contribution is 2.05. The fraction of sp³-hybridized carbons (Fsp3) is 0.417. The third-order valence-electron chi connectivity index (χ3n) is 2.19. The molecule has 0 bridgehead atoms. The van der Waals surface area contributed by atoms with Crippen LogP contribution in [0.15, 0.2) is 24.3 Å². The summed E-state index contributed by atoms with van der Waals surface area (Å²) in [5.74, 6) is -0.183. The molecule has 0 aromatic heterocycles. The lowest BCUT2D eigenvalue weighted by atomic mass is 10.1. The third-order valence-corrected chi connectivity index (χ3v) is 3.14. The number of nitrogens with one attached hydrogen (secondary N) is 1. The Morgan fingerprint density at radius 3 is 2.94 bits per heavy atom. The van der Waals surface area contributed by atoms with Gasteiger partial charge in [0.25, 0.3) is 0 Å². The number of hydrogen-bond acceptors (Lipinski definition) is 3. The van der Waals surface area contributed by atoms with Gasteiger partial charge in [-0.3, -0.25) is 4.79 Å². The predicted molar refractivity (Wildman–Crippen MR) is 72.7 cm³/mol. The second-order valence-electron chi connectivity index (χ2n) is 3.61. The van der Waals surface area contributed by atoms with Gasteiger partial charge in [0, 0.05) is 13.1 Å². The van der Waals surface area contributed by atoms with E-state index in [1.54, 1.807) is 0 Å². The lowest BCUT2D eigenvalue weighted by Gasteiger charge is -2.09. The van der Waals surface area contributed by atoms with Crippen LogP contribution in [0.2, 0.25) is 0 Å². The number of rotatable bonds is 5. The summed E-state index contributed by atoms with van der Waals surface area (Å²) >= 11 is 2.08. The topological polar surface area (TPSA) is 38.3 Å². The first kappa shape index (κ1) is 13.4. The molecule has 88 valence electrons. The normalized spacial score (nSPS) is 12.2. The van der Waals surface area contributed by atoms with E-state index in [2.05, 4.69) is 57.8 Å². The van der Waals surface area contributed by atoms with Crippen molar-refractivity contribution in [2.75, 3.05) is 13.7 Å². The molecular weight excluding hydrogens is 317 g/mol. The zero-order valence-corrected chi connectivity index (χ0v) is 11.7. The number of methoxy groups -OCH3 is 1. The van der Waals surface area contributed by atoms with Crippen molar-refractivity contribution in [2.24, 2.45) is 0 Å². The van der Waals surface area contributed by atoms with Crippen LogP contribution < -0.4 is 5.32 Å². The molecule has 0 aliphatic rings. The van der Waals surface area contributed by atoms with Crippen LogP contribution in [0.1, 0.15) is 11.1 Å². The highest BCUT2D eigenvalue weighted by molar-refractivity contribution is 14.1. The average Bonchev–Trinajstić information content (AvgIpc) is 2.28. The molecule has 0 radical (unpaired) electrons. The van der Waals surface area contributed by atoms with Gasteiger partial charge in [-0.1, -0.05) is 52.4 Å². The molecule has 1 unspecified atom stereocenters. The Hall–Kier alpha value is -0.620. The minimum atomic E-state index is -0.183. The van der Waals surface area contributed by atoms with Crippen molar-refractivity contribution in [3.63, 3.8) is 0 Å². The smallest absolute Gasteiger partial charge is 0.319 e. The van der Waals surface area contributed by atoms with Crippen LogP contribution in [-0.4, -0.2) is 23.5 Å². The number of carbonyl (C=O) groups excluding carboxylic acids is 1. The number of esters is 1. The number of hydrogen-bond donors (Lipinski definition) is 1. The lowest BCUT2D eigenvalue weighted by Crippen LogP contribution is -2.29. The van der Waals surface area contributed by atoms with E-state index in [1.807, 2.05) is 6.07 Å². The molecule has 1 rings (SSSR count). The maximum atomic E-state index is 11.1. The second kappa shape index (κ2) is 6.85. The zero-order valence-electron chi connectivity index (χ0n) is 9.50. The Kier molecular flexibility index (Phi) is 5.76. The molecule has 0 fully saturated rings. The number of ether oxygens (including phenoxy) is 1. The Labute approximate surface area is 110 Å². The molecule has 4 heteroatoms. The summed E-state index contributed by atoms with van der Waals surface area (Å²) in [6.45, 7) is 3.47. The molecule has 16 heavy (non-hydrogen) atoms. The fourth-order valence-electron chi connectivity index (χ4n) is 1.38. The quantitative estimate of drug-likeness (QED) is 0.509. The van der Waals surface area contributed by atoms with Gasteiger partial charge in [0.05, 0.1) is 7.11 Å². The molecule has 0 saturated carbocycles. The minimum Gasteiger partial charge on any atom is -0.468 e. The van der Waals surface area contributed by atoms with Crippen molar-refractivity contribution in [3.8, 4) is 0 Å². The van der Waals surface area contributed by atoms with Crippen molar-refractivity contribution in [2.45, 2.75) is 17.4 Å². The van der Waals surface area contributed by atoms with E-state index in [-0.39, 0.29) is 9.89 Å². The molecule has 0 amide bonds. The zero-order chi connectivity index (χ0) is 12.0. The Morgan fingerprint density at radius 1 is 1.56 bits per heavy atom. The van der Waals surface area contributed by atoms with Crippen molar-refractivity contribution in [1.29, 1.82) is 0 Å². The first-order valence-electron chi connectivity index (χ1n) is 5.11. The summed E-state index contributed by atoms with van der Waals surface area (Å²) in [6, 6.07) is 8.31. The Balaban J connectivity index is 2.33. The van der Waals surface area contributed by atoms with Gasteiger partial charge < -0.3 is 10.1 Å². The first-order chi connectivity index (χ1) is 7.63. The van der Waals surface area contributed by atoms with E-state index < -0.39 is 0 Å². The average molecular weight is 333 g/mol. The SMILES string of the molecule is COC(=O)C(I)CNCc1cccc(C)c1. The van der Waals surface area contributed by atoms with Crippen LogP contribution in [-0.2, 0) is 16.1 Å². The summed E-state index contributed by atoms with van der Waals surface area (Å²) < 4.78 is 4.52. The molecule has 1 N–H and O–H groups in total. The van der Waals surface area contributed by atoms with Crippen LogP contribution in [0.4, 0.5) is 0 Å². The van der Waals surface area contributed by atoms with Gasteiger partial charge in [-0.05, 0) is 12.5 Å². The Morgan fingerprint density at radius 2 is 2.31 bits per heavy atom. The van der Waals surface area contributed by atoms with E-state index in [0.29, 0.717) is 6.54 Å². The third kappa shape index (κ3) is 4.49. The molecule has 3 nitrogen and oxygen atoms in total. The van der Waals surface area contributed by atoms with Gasteiger partial charge in [-0.15, -0.1) is 0 Å². The summed E-state index contributed by atoms with van der Waals surface area (Å²) in [7, 11) is 1.41. The largest absolute Gasteiger partial charge is 0.468 e. The standard InChI is InChI=1S/C12H16INO2/c1-9-4-3-5-10(6-9)7-14-8-11(13)12(15)16-2/h3-6,11,14H,7-8H2,1-2H3. The summed E-state index contributed by atoms with van der Waals surface area (Å²) in [5, 5.41) is 3.24. The predicted octanol–water partition coefficient (Wildman–Crippen LogP) is 2.06. The molecule has 1 atom stereocenters. The number of aryl methyl sites for hydroxylation is 1. The molecule has 0 saturated heterocycles. The van der Waals surface area contributed by atoms with Gasteiger partial charge in [0.15, 0.2) is 0 Å². The van der Waals surface area contributed by atoms with E-state index in [1.165, 1.54) is 18.2 Å². The summed E-state index contributed by atoms with van der Waals surface area (Å²) in [4.78, 5) is 11.1. The van der Waals surface area contributed by atoms with Gasteiger partial charge in [-0.25, -0.2) is 0 Å². The van der Waals surface area contributed by atoms with E-state index >= 15 is 0 Å². The van der Waals surface area contributed by atoms with Gasteiger partial charge in [-0.2, -0.15) is 0 Å². The van der Waals surface area contributed by atoms with Gasteiger partial charge in [0.1, 0.15) is 3.92 Å². The highest BCUT2D eigenvalue weighted by Gasteiger charge is 2.13. The molecular formula is C12H16INO2. The van der Waals surface area contributed by atoms with Crippen LogP contribution in [0, 0.1) is 6.92 Å². The van der Waals surface area contributed by atoms with Gasteiger partial charge in [0.2, 0.25) is 0 Å². The summed E-state index contributed by atoms with van der Waals surface area (Å²) in [5.41, 5.74) is 2.48. The minimum absolute atomic E-state index is 0.132. The fourth-order valence-corrected chi connectivity index (χ4v) is 1.94. The number of alkyl halides is 1. The Bertz CT molecular complexity index is 355. The van der Waals surface area contributed by atoms with Crippen LogP contribution in [0.5, 0.6) is 0 Å². The van der Waals surface area contributed by atoms with Crippen LogP contribution >= 0.6 is 22.6 Å². The number of carbonyl (C=O) groups is 1. The second-order valence-corrected chi connectivity index (χ2v) is 5.11. The highest BCUT2D eigenvalue weighted by atomic mass is 127. The van der Waals surface area contributed by atoms with Crippen LogP contribution in [0.3, 0.4) is 0 Å². The molecule has 0 aliphatic carbocycles. The van der Waals surface area contributed by atoms with Crippen molar-refractivity contribution in [3.05, 3.63) is 35.4 Å². The van der Waals surface area contributed by atoms with E-state index in [0.717, 1.165) is 6.54 Å². The summed E-state index contributed by atoms with van der Waals surface area (Å²) in [6.07, 6.45) is 0. The van der Waals surface area contributed by atoms with E-state index in [4.69, 9.17) is 0 Å².